The first kappa shape index (κ1) is 13.7. The van der Waals surface area contributed by atoms with Crippen molar-refractivity contribution in [2.24, 2.45) is 5.92 Å². The second-order valence-corrected chi connectivity index (χ2v) is 5.18. The number of amides is 1. The topological polar surface area (TPSA) is 29.1 Å². The lowest BCUT2D eigenvalue weighted by atomic mass is 10.1. The zero-order chi connectivity index (χ0) is 12.3. The predicted molar refractivity (Wildman–Crippen MR) is 72.7 cm³/mol. The molecule has 1 aromatic carbocycles. The summed E-state index contributed by atoms with van der Waals surface area (Å²) in [6.45, 7) is 3.87. The van der Waals surface area contributed by atoms with Gasteiger partial charge in [-0.1, -0.05) is 37.0 Å². The number of carbonyl (C=O) groups is 1. The summed E-state index contributed by atoms with van der Waals surface area (Å²) in [5.41, 5.74) is 0.624. The van der Waals surface area contributed by atoms with Gasteiger partial charge in [-0.2, -0.15) is 12.6 Å². The number of thiol groups is 1. The summed E-state index contributed by atoms with van der Waals surface area (Å²) in [5, 5.41) is 3.27. The van der Waals surface area contributed by atoms with Crippen molar-refractivity contribution in [1.29, 1.82) is 0 Å². The lowest BCUT2D eigenvalue weighted by molar-refractivity contribution is -0.116. The van der Waals surface area contributed by atoms with Crippen LogP contribution in [0.1, 0.15) is 13.8 Å². The van der Waals surface area contributed by atoms with Crippen molar-refractivity contribution in [2.45, 2.75) is 19.1 Å². The Bertz CT molecular complexity index is 396. The van der Waals surface area contributed by atoms with Crippen molar-refractivity contribution in [2.75, 3.05) is 5.32 Å². The van der Waals surface area contributed by atoms with E-state index in [2.05, 4.69) is 17.9 Å². The summed E-state index contributed by atoms with van der Waals surface area (Å²) in [7, 11) is 0. The molecule has 0 radical (unpaired) electrons. The number of rotatable bonds is 3. The maximum absolute atomic E-state index is 11.7. The van der Waals surface area contributed by atoms with E-state index in [1.165, 1.54) is 0 Å². The van der Waals surface area contributed by atoms with Gasteiger partial charge in [-0.25, -0.2) is 0 Å². The van der Waals surface area contributed by atoms with Crippen LogP contribution in [0.2, 0.25) is 10.0 Å². The molecule has 2 nitrogen and oxygen atoms in total. The van der Waals surface area contributed by atoms with Gasteiger partial charge in [0.05, 0.1) is 15.3 Å². The Kier molecular flexibility index (Phi) is 4.96. The fraction of sp³-hybridized carbons (Fsp3) is 0.364. The maximum atomic E-state index is 11.7. The Morgan fingerprint density at radius 2 is 1.94 bits per heavy atom. The van der Waals surface area contributed by atoms with Gasteiger partial charge in [0.2, 0.25) is 5.91 Å². The van der Waals surface area contributed by atoms with Crippen molar-refractivity contribution in [3.63, 3.8) is 0 Å². The smallest absolute Gasteiger partial charge is 0.237 e. The fourth-order valence-electron chi connectivity index (χ4n) is 1.09. The molecule has 0 aromatic heterocycles. The largest absolute Gasteiger partial charge is 0.325 e. The molecule has 16 heavy (non-hydrogen) atoms. The number of carbonyl (C=O) groups excluding carboxylic acids is 1. The highest BCUT2D eigenvalue weighted by atomic mass is 35.5. The molecular formula is C11H13Cl2NOS. The van der Waals surface area contributed by atoms with Crippen LogP contribution >= 0.6 is 35.8 Å². The normalized spacial score (nSPS) is 12.6. The van der Waals surface area contributed by atoms with E-state index in [1.54, 1.807) is 18.2 Å². The van der Waals surface area contributed by atoms with Crippen LogP contribution < -0.4 is 5.32 Å². The van der Waals surface area contributed by atoms with E-state index < -0.39 is 0 Å². The van der Waals surface area contributed by atoms with Crippen LogP contribution in [0.25, 0.3) is 0 Å². The third kappa shape index (κ3) is 3.58. The average molecular weight is 278 g/mol. The van der Waals surface area contributed by atoms with Gasteiger partial charge in [-0.05, 0) is 24.1 Å². The Labute approximate surface area is 111 Å². The van der Waals surface area contributed by atoms with Crippen molar-refractivity contribution >= 4 is 47.4 Å². The molecule has 1 N–H and O–H groups in total. The minimum absolute atomic E-state index is 0.142. The SMILES string of the molecule is CC(C)C(S)C(=O)Nc1ccc(Cl)c(Cl)c1. The Morgan fingerprint density at radius 1 is 1.31 bits per heavy atom. The van der Waals surface area contributed by atoms with Crippen LogP contribution in [-0.2, 0) is 4.79 Å². The third-order valence-electron chi connectivity index (χ3n) is 2.09. The van der Waals surface area contributed by atoms with Crippen LogP contribution in [0.3, 0.4) is 0 Å². The summed E-state index contributed by atoms with van der Waals surface area (Å²) < 4.78 is 0. The number of hydrogen-bond acceptors (Lipinski definition) is 2. The Balaban J connectivity index is 2.74. The number of nitrogens with one attached hydrogen (secondary N) is 1. The summed E-state index contributed by atoms with van der Waals surface area (Å²) in [6, 6.07) is 4.96. The number of halogens is 2. The quantitative estimate of drug-likeness (QED) is 0.807. The highest BCUT2D eigenvalue weighted by molar-refractivity contribution is 7.81. The van der Waals surface area contributed by atoms with Crippen LogP contribution in [0.4, 0.5) is 5.69 Å². The lowest BCUT2D eigenvalue weighted by Gasteiger charge is -2.14. The number of hydrogen-bond donors (Lipinski definition) is 2. The summed E-state index contributed by atoms with van der Waals surface area (Å²) in [5.74, 6) is 0.0304. The average Bonchev–Trinajstić information content (AvgIpc) is 2.22. The highest BCUT2D eigenvalue weighted by Crippen LogP contribution is 2.25. The summed E-state index contributed by atoms with van der Waals surface area (Å²) in [4.78, 5) is 11.7. The van der Waals surface area contributed by atoms with Gasteiger partial charge >= 0.3 is 0 Å². The Hall–Kier alpha value is -0.380. The molecule has 1 rings (SSSR count). The molecule has 1 unspecified atom stereocenters. The zero-order valence-electron chi connectivity index (χ0n) is 9.00. The van der Waals surface area contributed by atoms with Crippen molar-refractivity contribution in [1.82, 2.24) is 0 Å². The molecule has 1 amide bonds. The van der Waals surface area contributed by atoms with E-state index in [-0.39, 0.29) is 17.1 Å². The zero-order valence-corrected chi connectivity index (χ0v) is 11.4. The minimum atomic E-state index is -0.338. The third-order valence-corrected chi connectivity index (χ3v) is 3.66. The fourth-order valence-corrected chi connectivity index (χ4v) is 1.46. The van der Waals surface area contributed by atoms with E-state index in [4.69, 9.17) is 23.2 Å². The first-order chi connectivity index (χ1) is 7.41. The molecular weight excluding hydrogens is 265 g/mol. The van der Waals surface area contributed by atoms with E-state index in [9.17, 15) is 4.79 Å². The van der Waals surface area contributed by atoms with E-state index >= 15 is 0 Å². The molecule has 0 saturated carbocycles. The minimum Gasteiger partial charge on any atom is -0.325 e. The highest BCUT2D eigenvalue weighted by Gasteiger charge is 2.17. The van der Waals surface area contributed by atoms with Gasteiger partial charge in [-0.3, -0.25) is 4.79 Å². The second-order valence-electron chi connectivity index (χ2n) is 3.81. The molecule has 0 fully saturated rings. The molecule has 0 spiro atoms. The van der Waals surface area contributed by atoms with E-state index in [0.717, 1.165) is 0 Å². The standard InChI is InChI=1S/C11H13Cl2NOS/c1-6(2)10(16)11(15)14-7-3-4-8(12)9(13)5-7/h3-6,10,16H,1-2H3,(H,14,15). The molecule has 0 aliphatic carbocycles. The first-order valence-electron chi connectivity index (χ1n) is 4.86. The predicted octanol–water partition coefficient (Wildman–Crippen LogP) is 3.89. The van der Waals surface area contributed by atoms with Crippen LogP contribution in [0.15, 0.2) is 18.2 Å². The molecule has 1 aromatic rings. The van der Waals surface area contributed by atoms with Gasteiger partial charge in [0, 0.05) is 5.69 Å². The first-order valence-corrected chi connectivity index (χ1v) is 6.13. The van der Waals surface area contributed by atoms with Gasteiger partial charge in [0.15, 0.2) is 0 Å². The van der Waals surface area contributed by atoms with Crippen LogP contribution in [0, 0.1) is 5.92 Å². The van der Waals surface area contributed by atoms with Gasteiger partial charge < -0.3 is 5.32 Å². The van der Waals surface area contributed by atoms with Crippen molar-refractivity contribution in [3.8, 4) is 0 Å². The molecule has 0 heterocycles. The van der Waals surface area contributed by atoms with Crippen molar-refractivity contribution in [3.05, 3.63) is 28.2 Å². The molecule has 0 aliphatic heterocycles. The molecule has 0 aliphatic rings. The van der Waals surface area contributed by atoms with E-state index in [1.807, 2.05) is 13.8 Å². The van der Waals surface area contributed by atoms with E-state index in [0.29, 0.717) is 15.7 Å². The summed E-state index contributed by atoms with van der Waals surface area (Å²) in [6.07, 6.45) is 0. The van der Waals surface area contributed by atoms with Gasteiger partial charge in [0.1, 0.15) is 0 Å². The van der Waals surface area contributed by atoms with Crippen LogP contribution in [0.5, 0.6) is 0 Å². The summed E-state index contributed by atoms with van der Waals surface area (Å²) >= 11 is 15.8. The molecule has 0 bridgehead atoms. The lowest BCUT2D eigenvalue weighted by Crippen LogP contribution is -2.27. The molecule has 0 saturated heterocycles. The monoisotopic (exact) mass is 277 g/mol. The maximum Gasteiger partial charge on any atom is 0.237 e. The second kappa shape index (κ2) is 5.80. The number of anilines is 1. The molecule has 88 valence electrons. The molecule has 5 heteroatoms. The van der Waals surface area contributed by atoms with Gasteiger partial charge in [-0.15, -0.1) is 0 Å². The number of benzene rings is 1. The molecule has 1 atom stereocenters. The van der Waals surface area contributed by atoms with Gasteiger partial charge in [0.25, 0.3) is 0 Å². The Morgan fingerprint density at radius 3 is 2.44 bits per heavy atom. The van der Waals surface area contributed by atoms with Crippen molar-refractivity contribution < 1.29 is 4.79 Å². The van der Waals surface area contributed by atoms with Crippen LogP contribution in [-0.4, -0.2) is 11.2 Å².